The van der Waals surface area contributed by atoms with Crippen LogP contribution in [0, 0.1) is 0 Å². The van der Waals surface area contributed by atoms with Crippen LogP contribution in [0.2, 0.25) is 0 Å². The van der Waals surface area contributed by atoms with Gasteiger partial charge in [-0.15, -0.1) is 0 Å². The minimum Gasteiger partial charge on any atom is -0.371 e. The molecule has 20 heavy (non-hydrogen) atoms. The number of piperidine rings is 1. The zero-order valence-corrected chi connectivity index (χ0v) is 12.5. The maximum Gasteiger partial charge on any atom is 0.225 e. The molecule has 1 aromatic rings. The first kappa shape index (κ1) is 13.8. The molecule has 1 aromatic heterocycles. The fourth-order valence-corrected chi connectivity index (χ4v) is 3.04. The second kappa shape index (κ2) is 5.66. The average Bonchev–Trinajstić information content (AvgIpc) is 2.51. The van der Waals surface area contributed by atoms with Gasteiger partial charge in [0.2, 0.25) is 5.95 Å². The minimum absolute atomic E-state index is 0.0115. The van der Waals surface area contributed by atoms with Crippen LogP contribution in [0.15, 0.2) is 12.4 Å². The van der Waals surface area contributed by atoms with E-state index in [2.05, 4.69) is 33.7 Å². The second-order valence-electron chi connectivity index (χ2n) is 6.00. The second-order valence-corrected chi connectivity index (χ2v) is 6.00. The molecule has 0 unspecified atom stereocenters. The lowest BCUT2D eigenvalue weighted by Gasteiger charge is -2.46. The van der Waals surface area contributed by atoms with Gasteiger partial charge in [-0.3, -0.25) is 0 Å². The van der Waals surface area contributed by atoms with Crippen molar-refractivity contribution in [1.82, 2.24) is 14.9 Å². The summed E-state index contributed by atoms with van der Waals surface area (Å²) in [7, 11) is 2.18. The van der Waals surface area contributed by atoms with Crippen LogP contribution in [0.5, 0.6) is 0 Å². The van der Waals surface area contributed by atoms with Gasteiger partial charge in [0.25, 0.3) is 0 Å². The number of anilines is 1. The first-order chi connectivity index (χ1) is 9.71. The molecule has 2 aliphatic rings. The van der Waals surface area contributed by atoms with Gasteiger partial charge in [-0.2, -0.15) is 0 Å². The van der Waals surface area contributed by atoms with Crippen molar-refractivity contribution in [3.8, 4) is 0 Å². The zero-order valence-electron chi connectivity index (χ0n) is 12.5. The molecule has 2 fully saturated rings. The normalized spacial score (nSPS) is 23.2. The standard InChI is InChI=1S/C15H24N4O/c1-3-13-10-16-14(17-11-13)19-8-9-20-15(12-19)4-6-18(2)7-5-15/h10-11H,3-9,12H2,1-2H3. The summed E-state index contributed by atoms with van der Waals surface area (Å²) in [5.74, 6) is 0.851. The number of hydrogen-bond acceptors (Lipinski definition) is 5. The highest BCUT2D eigenvalue weighted by Crippen LogP contribution is 2.30. The first-order valence-corrected chi connectivity index (χ1v) is 7.59. The van der Waals surface area contributed by atoms with E-state index in [1.54, 1.807) is 0 Å². The number of aryl methyl sites for hydroxylation is 1. The lowest BCUT2D eigenvalue weighted by atomic mass is 9.89. The maximum absolute atomic E-state index is 6.13. The maximum atomic E-state index is 6.13. The first-order valence-electron chi connectivity index (χ1n) is 7.59. The Morgan fingerprint density at radius 2 is 1.90 bits per heavy atom. The molecular weight excluding hydrogens is 252 g/mol. The van der Waals surface area contributed by atoms with E-state index in [4.69, 9.17) is 4.74 Å². The molecule has 0 amide bonds. The van der Waals surface area contributed by atoms with Crippen molar-refractivity contribution >= 4 is 5.95 Å². The highest BCUT2D eigenvalue weighted by atomic mass is 16.5. The summed E-state index contributed by atoms with van der Waals surface area (Å²) in [4.78, 5) is 13.7. The molecule has 0 radical (unpaired) electrons. The Bertz CT molecular complexity index is 440. The van der Waals surface area contributed by atoms with Gasteiger partial charge in [0.15, 0.2) is 0 Å². The number of likely N-dealkylation sites (tertiary alicyclic amines) is 1. The van der Waals surface area contributed by atoms with E-state index in [1.807, 2.05) is 12.4 Å². The number of nitrogens with zero attached hydrogens (tertiary/aromatic N) is 4. The lowest BCUT2D eigenvalue weighted by Crippen LogP contribution is -2.56. The molecule has 5 nitrogen and oxygen atoms in total. The number of aromatic nitrogens is 2. The summed E-state index contributed by atoms with van der Waals surface area (Å²) >= 11 is 0. The Hall–Kier alpha value is -1.20. The molecule has 1 spiro atoms. The molecule has 3 rings (SSSR count). The predicted octanol–water partition coefficient (Wildman–Crippen LogP) is 1.34. The molecule has 0 atom stereocenters. The van der Waals surface area contributed by atoms with Crippen LogP contribution in [-0.2, 0) is 11.2 Å². The van der Waals surface area contributed by atoms with Gasteiger partial charge in [0.05, 0.1) is 18.8 Å². The van der Waals surface area contributed by atoms with E-state index in [9.17, 15) is 0 Å². The van der Waals surface area contributed by atoms with Crippen molar-refractivity contribution in [2.45, 2.75) is 31.8 Å². The minimum atomic E-state index is 0.0115. The van der Waals surface area contributed by atoms with Crippen LogP contribution >= 0.6 is 0 Å². The molecule has 0 aromatic carbocycles. The molecule has 0 aliphatic carbocycles. The van der Waals surface area contributed by atoms with Crippen molar-refractivity contribution in [3.05, 3.63) is 18.0 Å². The summed E-state index contributed by atoms with van der Waals surface area (Å²) in [5.41, 5.74) is 1.20. The van der Waals surface area contributed by atoms with Gasteiger partial charge in [-0.1, -0.05) is 6.92 Å². The molecule has 2 saturated heterocycles. The fourth-order valence-electron chi connectivity index (χ4n) is 3.04. The van der Waals surface area contributed by atoms with Gasteiger partial charge in [0, 0.05) is 32.0 Å². The molecule has 0 N–H and O–H groups in total. The Balaban J connectivity index is 1.71. The van der Waals surface area contributed by atoms with Crippen molar-refractivity contribution in [2.75, 3.05) is 44.7 Å². The Morgan fingerprint density at radius 1 is 1.20 bits per heavy atom. The Morgan fingerprint density at radius 3 is 2.55 bits per heavy atom. The highest BCUT2D eigenvalue weighted by molar-refractivity contribution is 5.32. The summed E-state index contributed by atoms with van der Waals surface area (Å²) in [6, 6.07) is 0. The van der Waals surface area contributed by atoms with Gasteiger partial charge in [-0.05, 0) is 31.9 Å². The molecule has 2 aliphatic heterocycles. The van der Waals surface area contributed by atoms with Gasteiger partial charge in [0.1, 0.15) is 0 Å². The van der Waals surface area contributed by atoms with Crippen LogP contribution in [0.4, 0.5) is 5.95 Å². The molecule has 0 saturated carbocycles. The van der Waals surface area contributed by atoms with Crippen molar-refractivity contribution in [2.24, 2.45) is 0 Å². The SMILES string of the molecule is CCc1cnc(N2CCOC3(CCN(C)CC3)C2)nc1. The molecule has 0 bridgehead atoms. The smallest absolute Gasteiger partial charge is 0.225 e. The van der Waals surface area contributed by atoms with Crippen molar-refractivity contribution in [1.29, 1.82) is 0 Å². The molecule has 3 heterocycles. The Kier molecular flexibility index (Phi) is 3.89. The summed E-state index contributed by atoms with van der Waals surface area (Å²) in [6.07, 6.45) is 7.08. The third-order valence-electron chi connectivity index (χ3n) is 4.53. The molecular formula is C15H24N4O. The fraction of sp³-hybridized carbons (Fsp3) is 0.733. The largest absolute Gasteiger partial charge is 0.371 e. The number of ether oxygens (including phenoxy) is 1. The summed E-state index contributed by atoms with van der Waals surface area (Å²) < 4.78 is 6.13. The molecule has 110 valence electrons. The predicted molar refractivity (Wildman–Crippen MR) is 79.0 cm³/mol. The van der Waals surface area contributed by atoms with E-state index in [0.29, 0.717) is 0 Å². The van der Waals surface area contributed by atoms with E-state index < -0.39 is 0 Å². The van der Waals surface area contributed by atoms with Crippen molar-refractivity contribution < 1.29 is 4.74 Å². The lowest BCUT2D eigenvalue weighted by molar-refractivity contribution is -0.0886. The number of rotatable bonds is 2. The summed E-state index contributed by atoms with van der Waals surface area (Å²) in [6.45, 7) is 6.95. The van der Waals surface area contributed by atoms with Gasteiger partial charge >= 0.3 is 0 Å². The Labute approximate surface area is 121 Å². The quantitative estimate of drug-likeness (QED) is 0.815. The zero-order chi connectivity index (χ0) is 14.0. The van der Waals surface area contributed by atoms with E-state index >= 15 is 0 Å². The van der Waals surface area contributed by atoms with Crippen LogP contribution in [0.1, 0.15) is 25.3 Å². The average molecular weight is 276 g/mol. The highest BCUT2D eigenvalue weighted by Gasteiger charge is 2.39. The number of hydrogen-bond donors (Lipinski definition) is 0. The van der Waals surface area contributed by atoms with Crippen LogP contribution in [0.25, 0.3) is 0 Å². The van der Waals surface area contributed by atoms with Crippen LogP contribution < -0.4 is 4.90 Å². The summed E-state index contributed by atoms with van der Waals surface area (Å²) in [5, 5.41) is 0. The topological polar surface area (TPSA) is 41.5 Å². The van der Waals surface area contributed by atoms with Crippen molar-refractivity contribution in [3.63, 3.8) is 0 Å². The third-order valence-corrected chi connectivity index (χ3v) is 4.53. The van der Waals surface area contributed by atoms with E-state index in [1.165, 1.54) is 5.56 Å². The van der Waals surface area contributed by atoms with Crippen LogP contribution in [0.3, 0.4) is 0 Å². The van der Waals surface area contributed by atoms with E-state index in [-0.39, 0.29) is 5.60 Å². The third kappa shape index (κ3) is 2.79. The van der Waals surface area contributed by atoms with Crippen LogP contribution in [-0.4, -0.2) is 60.3 Å². The number of morpholine rings is 1. The monoisotopic (exact) mass is 276 g/mol. The van der Waals surface area contributed by atoms with Gasteiger partial charge < -0.3 is 14.5 Å². The van der Waals surface area contributed by atoms with Gasteiger partial charge in [-0.25, -0.2) is 9.97 Å². The van der Waals surface area contributed by atoms with E-state index in [0.717, 1.165) is 58.0 Å². The molecule has 5 heteroatoms.